The molecule has 0 saturated heterocycles. The molecule has 0 amide bonds. The summed E-state index contributed by atoms with van der Waals surface area (Å²) in [6.45, 7) is 3.65. The average molecular weight is 228 g/mol. The highest BCUT2D eigenvalue weighted by molar-refractivity contribution is 7.90. The highest BCUT2D eigenvalue weighted by Crippen LogP contribution is 2.11. The van der Waals surface area contributed by atoms with Crippen molar-refractivity contribution in [3.05, 3.63) is 30.3 Å². The molecule has 0 saturated carbocycles. The van der Waals surface area contributed by atoms with Crippen molar-refractivity contribution in [3.63, 3.8) is 0 Å². The Morgan fingerprint density at radius 2 is 1.73 bits per heavy atom. The first-order valence-electron chi connectivity index (χ1n) is 4.74. The van der Waals surface area contributed by atoms with E-state index in [1.165, 1.54) is 4.31 Å². The lowest BCUT2D eigenvalue weighted by Gasteiger charge is -2.21. The van der Waals surface area contributed by atoms with Crippen LogP contribution in [-0.2, 0) is 10.2 Å². The first-order chi connectivity index (χ1) is 6.93. The molecule has 1 aromatic carbocycles. The molecule has 1 N–H and O–H groups in total. The van der Waals surface area contributed by atoms with Crippen molar-refractivity contribution in [1.82, 2.24) is 4.31 Å². The Morgan fingerprint density at radius 1 is 1.20 bits per heavy atom. The van der Waals surface area contributed by atoms with E-state index in [1.54, 1.807) is 31.3 Å². The van der Waals surface area contributed by atoms with Crippen LogP contribution in [0.5, 0.6) is 0 Å². The van der Waals surface area contributed by atoms with Gasteiger partial charge < -0.3 is 0 Å². The topological polar surface area (TPSA) is 49.4 Å². The first-order valence-corrected chi connectivity index (χ1v) is 6.18. The summed E-state index contributed by atoms with van der Waals surface area (Å²) in [6, 6.07) is 8.77. The molecule has 0 bridgehead atoms. The summed E-state index contributed by atoms with van der Waals surface area (Å²) in [7, 11) is -1.88. The standard InChI is InChI=1S/C10H16N2O2S/c1-9(2)12(3)15(13,14)11-10-7-5-4-6-8-10/h4-9,11H,1-3H3. The zero-order chi connectivity index (χ0) is 11.5. The number of anilines is 1. The minimum atomic E-state index is -3.43. The lowest BCUT2D eigenvalue weighted by atomic mass is 10.3. The molecule has 1 aromatic rings. The Hall–Kier alpha value is -1.07. The molecule has 0 aliphatic rings. The lowest BCUT2D eigenvalue weighted by molar-refractivity contribution is 0.414. The van der Waals surface area contributed by atoms with Crippen LogP contribution in [-0.4, -0.2) is 25.8 Å². The van der Waals surface area contributed by atoms with Crippen LogP contribution >= 0.6 is 0 Å². The van der Waals surface area contributed by atoms with E-state index in [2.05, 4.69) is 4.72 Å². The van der Waals surface area contributed by atoms with Gasteiger partial charge in [0.15, 0.2) is 0 Å². The van der Waals surface area contributed by atoms with Gasteiger partial charge in [-0.15, -0.1) is 0 Å². The molecule has 84 valence electrons. The monoisotopic (exact) mass is 228 g/mol. The molecule has 0 spiro atoms. The fourth-order valence-electron chi connectivity index (χ4n) is 1.00. The quantitative estimate of drug-likeness (QED) is 0.852. The van der Waals surface area contributed by atoms with E-state index in [0.717, 1.165) is 0 Å². The van der Waals surface area contributed by atoms with Gasteiger partial charge in [0.1, 0.15) is 0 Å². The van der Waals surface area contributed by atoms with Crippen LogP contribution in [0.25, 0.3) is 0 Å². The Morgan fingerprint density at radius 3 is 2.20 bits per heavy atom. The predicted octanol–water partition coefficient (Wildman–Crippen LogP) is 1.68. The summed E-state index contributed by atoms with van der Waals surface area (Å²) in [5, 5.41) is 0. The maximum atomic E-state index is 11.8. The molecule has 0 aliphatic carbocycles. The molecule has 0 heterocycles. The van der Waals surface area contributed by atoms with Gasteiger partial charge in [-0.2, -0.15) is 12.7 Å². The van der Waals surface area contributed by atoms with Gasteiger partial charge in [-0.25, -0.2) is 0 Å². The van der Waals surface area contributed by atoms with Gasteiger partial charge in [0.05, 0.1) is 0 Å². The van der Waals surface area contributed by atoms with Gasteiger partial charge in [0.2, 0.25) is 0 Å². The van der Waals surface area contributed by atoms with E-state index in [4.69, 9.17) is 0 Å². The zero-order valence-corrected chi connectivity index (χ0v) is 9.95. The molecule has 0 radical (unpaired) electrons. The smallest absolute Gasteiger partial charge is 0.271 e. The maximum Gasteiger partial charge on any atom is 0.301 e. The lowest BCUT2D eigenvalue weighted by Crippen LogP contribution is -2.37. The van der Waals surface area contributed by atoms with Crippen molar-refractivity contribution in [1.29, 1.82) is 0 Å². The summed E-state index contributed by atoms with van der Waals surface area (Å²) in [6.07, 6.45) is 0. The van der Waals surface area contributed by atoms with E-state index in [9.17, 15) is 8.42 Å². The van der Waals surface area contributed by atoms with E-state index >= 15 is 0 Å². The second kappa shape index (κ2) is 4.63. The van der Waals surface area contributed by atoms with Gasteiger partial charge in [-0.3, -0.25) is 4.72 Å². The second-order valence-corrected chi connectivity index (χ2v) is 5.31. The van der Waals surface area contributed by atoms with Gasteiger partial charge >= 0.3 is 10.2 Å². The van der Waals surface area contributed by atoms with Crippen molar-refractivity contribution in [2.75, 3.05) is 11.8 Å². The van der Waals surface area contributed by atoms with Crippen molar-refractivity contribution in [2.24, 2.45) is 0 Å². The first kappa shape index (κ1) is 12.0. The Bertz CT molecular complexity index is 401. The largest absolute Gasteiger partial charge is 0.301 e. The number of para-hydroxylation sites is 1. The molecular weight excluding hydrogens is 212 g/mol. The number of nitrogens with one attached hydrogen (secondary N) is 1. The number of hydrogen-bond donors (Lipinski definition) is 1. The normalized spacial score (nSPS) is 12.1. The molecule has 5 heteroatoms. The SMILES string of the molecule is CC(C)N(C)S(=O)(=O)Nc1ccccc1. The third-order valence-corrected chi connectivity index (χ3v) is 3.80. The van der Waals surface area contributed by atoms with Crippen LogP contribution in [0.3, 0.4) is 0 Å². The summed E-state index contributed by atoms with van der Waals surface area (Å²) < 4.78 is 27.3. The summed E-state index contributed by atoms with van der Waals surface area (Å²) >= 11 is 0. The maximum absolute atomic E-state index is 11.8. The second-order valence-electron chi connectivity index (χ2n) is 3.58. The minimum Gasteiger partial charge on any atom is -0.271 e. The molecule has 4 nitrogen and oxygen atoms in total. The van der Waals surface area contributed by atoms with Crippen LogP contribution in [0.15, 0.2) is 30.3 Å². The molecule has 15 heavy (non-hydrogen) atoms. The van der Waals surface area contributed by atoms with E-state index in [-0.39, 0.29) is 6.04 Å². The highest BCUT2D eigenvalue weighted by Gasteiger charge is 2.19. The van der Waals surface area contributed by atoms with Crippen molar-refractivity contribution in [2.45, 2.75) is 19.9 Å². The van der Waals surface area contributed by atoms with Crippen molar-refractivity contribution >= 4 is 15.9 Å². The Balaban J connectivity index is 2.82. The molecule has 0 aromatic heterocycles. The van der Waals surface area contributed by atoms with Crippen LogP contribution < -0.4 is 4.72 Å². The predicted molar refractivity (Wildman–Crippen MR) is 61.9 cm³/mol. The van der Waals surface area contributed by atoms with Crippen LogP contribution in [0, 0.1) is 0 Å². The molecule has 0 atom stereocenters. The number of rotatable bonds is 4. The molecule has 0 fully saturated rings. The molecule has 0 aliphatic heterocycles. The Kier molecular flexibility index (Phi) is 3.71. The zero-order valence-electron chi connectivity index (χ0n) is 9.14. The number of nitrogens with zero attached hydrogens (tertiary/aromatic N) is 1. The fourth-order valence-corrected chi connectivity index (χ4v) is 2.14. The van der Waals surface area contributed by atoms with Gasteiger partial charge in [-0.05, 0) is 26.0 Å². The summed E-state index contributed by atoms with van der Waals surface area (Å²) in [5.41, 5.74) is 0.574. The summed E-state index contributed by atoms with van der Waals surface area (Å²) in [5.74, 6) is 0. The fraction of sp³-hybridized carbons (Fsp3) is 0.400. The van der Waals surface area contributed by atoms with E-state index in [1.807, 2.05) is 19.9 Å². The number of benzene rings is 1. The average Bonchev–Trinajstić information content (AvgIpc) is 2.17. The minimum absolute atomic E-state index is 0.0637. The van der Waals surface area contributed by atoms with Crippen molar-refractivity contribution < 1.29 is 8.42 Å². The summed E-state index contributed by atoms with van der Waals surface area (Å²) in [4.78, 5) is 0. The van der Waals surface area contributed by atoms with Crippen LogP contribution in [0.4, 0.5) is 5.69 Å². The van der Waals surface area contributed by atoms with Gasteiger partial charge in [-0.1, -0.05) is 18.2 Å². The molecular formula is C10H16N2O2S. The molecule has 0 unspecified atom stereocenters. The van der Waals surface area contributed by atoms with Gasteiger partial charge in [0, 0.05) is 18.8 Å². The van der Waals surface area contributed by atoms with Crippen LogP contribution in [0.1, 0.15) is 13.8 Å². The van der Waals surface area contributed by atoms with Crippen LogP contribution in [0.2, 0.25) is 0 Å². The highest BCUT2D eigenvalue weighted by atomic mass is 32.2. The Labute approximate surface area is 91.1 Å². The van der Waals surface area contributed by atoms with Crippen molar-refractivity contribution in [3.8, 4) is 0 Å². The van der Waals surface area contributed by atoms with E-state index in [0.29, 0.717) is 5.69 Å². The van der Waals surface area contributed by atoms with Gasteiger partial charge in [0.25, 0.3) is 0 Å². The molecule has 1 rings (SSSR count). The third-order valence-electron chi connectivity index (χ3n) is 2.13. The number of hydrogen-bond acceptors (Lipinski definition) is 2. The third kappa shape index (κ3) is 3.21. The van der Waals surface area contributed by atoms with E-state index < -0.39 is 10.2 Å².